The summed E-state index contributed by atoms with van der Waals surface area (Å²) in [7, 11) is 0. The number of fused-ring (bicyclic) bond motifs is 1. The lowest BCUT2D eigenvalue weighted by Crippen LogP contribution is -2.36. The first-order valence-corrected chi connectivity index (χ1v) is 9.57. The molecular formula is C21H19N3O6. The summed E-state index contributed by atoms with van der Waals surface area (Å²) >= 11 is 0. The van der Waals surface area contributed by atoms with Gasteiger partial charge in [-0.15, -0.1) is 0 Å². The highest BCUT2D eigenvalue weighted by Gasteiger charge is 2.36. The molecule has 0 unspecified atom stereocenters. The molecule has 0 bridgehead atoms. The second-order valence-electron chi connectivity index (χ2n) is 7.13. The lowest BCUT2D eigenvalue weighted by Gasteiger charge is -2.13. The largest absolute Gasteiger partial charge is 0.456 e. The first-order valence-electron chi connectivity index (χ1n) is 9.57. The summed E-state index contributed by atoms with van der Waals surface area (Å²) in [6, 6.07) is 7.71. The molecule has 0 saturated carbocycles. The summed E-state index contributed by atoms with van der Waals surface area (Å²) in [4.78, 5) is 66.5. The van der Waals surface area contributed by atoms with Gasteiger partial charge in [0.2, 0.25) is 5.78 Å². The van der Waals surface area contributed by atoms with E-state index in [9.17, 15) is 24.0 Å². The van der Waals surface area contributed by atoms with Crippen molar-refractivity contribution < 1.29 is 28.7 Å². The molecule has 9 heteroatoms. The van der Waals surface area contributed by atoms with Crippen LogP contribution in [0.3, 0.4) is 0 Å². The van der Waals surface area contributed by atoms with Gasteiger partial charge < -0.3 is 14.6 Å². The van der Waals surface area contributed by atoms with Crippen molar-refractivity contribution in [1.29, 1.82) is 0 Å². The van der Waals surface area contributed by atoms with E-state index in [1.807, 2.05) is 0 Å². The smallest absolute Gasteiger partial charge is 0.326 e. The minimum atomic E-state index is -0.873. The Kier molecular flexibility index (Phi) is 5.18. The molecule has 1 saturated heterocycles. The zero-order chi connectivity index (χ0) is 21.3. The van der Waals surface area contributed by atoms with Gasteiger partial charge in [0.05, 0.1) is 11.1 Å². The first kappa shape index (κ1) is 19.6. The van der Waals surface area contributed by atoms with Crippen molar-refractivity contribution in [2.75, 3.05) is 26.2 Å². The number of aromatic nitrogens is 1. The number of benzene rings is 1. The summed E-state index contributed by atoms with van der Waals surface area (Å²) in [6.07, 6.45) is 3.31. The Morgan fingerprint density at radius 2 is 1.63 bits per heavy atom. The highest BCUT2D eigenvalue weighted by Crippen LogP contribution is 2.22. The second kappa shape index (κ2) is 7.94. The standard InChI is InChI=1S/C21H19N3O6/c25-17(13-9-16(22-10-13)21(29)23-7-3-4-8-23)12-30-18(26)11-24-19(27)14-5-1-2-6-15(14)20(24)28/h1-2,5-6,9-10,22H,3-4,7-8,11-12H2. The number of hydrogen-bond acceptors (Lipinski definition) is 6. The number of hydrogen-bond donors (Lipinski definition) is 1. The molecule has 0 aliphatic carbocycles. The van der Waals surface area contributed by atoms with Crippen molar-refractivity contribution in [2.24, 2.45) is 0 Å². The van der Waals surface area contributed by atoms with E-state index in [4.69, 9.17) is 4.74 Å². The van der Waals surface area contributed by atoms with Crippen molar-refractivity contribution in [3.63, 3.8) is 0 Å². The molecule has 3 amide bonds. The molecule has 1 aromatic heterocycles. The number of esters is 1. The number of ether oxygens (including phenoxy) is 1. The quantitative estimate of drug-likeness (QED) is 0.436. The number of nitrogens with zero attached hydrogens (tertiary/aromatic N) is 2. The maximum Gasteiger partial charge on any atom is 0.326 e. The predicted molar refractivity (Wildman–Crippen MR) is 103 cm³/mol. The summed E-state index contributed by atoms with van der Waals surface area (Å²) in [6.45, 7) is 0.246. The molecule has 154 valence electrons. The van der Waals surface area contributed by atoms with Gasteiger partial charge in [-0.05, 0) is 31.0 Å². The van der Waals surface area contributed by atoms with E-state index in [1.165, 1.54) is 24.4 Å². The Balaban J connectivity index is 1.31. The number of likely N-dealkylation sites (tertiary alicyclic amines) is 1. The number of ketones is 1. The number of aromatic amines is 1. The molecule has 1 N–H and O–H groups in total. The number of carbonyl (C=O) groups excluding carboxylic acids is 5. The van der Waals surface area contributed by atoms with Crippen molar-refractivity contribution in [2.45, 2.75) is 12.8 Å². The number of nitrogens with one attached hydrogen (secondary N) is 1. The molecule has 9 nitrogen and oxygen atoms in total. The topological polar surface area (TPSA) is 117 Å². The number of imide groups is 1. The molecule has 3 heterocycles. The Hall–Kier alpha value is -3.75. The van der Waals surface area contributed by atoms with E-state index in [0.717, 1.165) is 17.7 Å². The van der Waals surface area contributed by atoms with Crippen molar-refractivity contribution in [3.8, 4) is 0 Å². The van der Waals surface area contributed by atoms with Gasteiger partial charge in [-0.3, -0.25) is 28.9 Å². The first-order chi connectivity index (χ1) is 14.5. The molecule has 2 aromatic rings. The van der Waals surface area contributed by atoms with Gasteiger partial charge in [0.25, 0.3) is 17.7 Å². The number of rotatable bonds is 6. The second-order valence-corrected chi connectivity index (χ2v) is 7.13. The monoisotopic (exact) mass is 409 g/mol. The number of amides is 3. The van der Waals surface area contributed by atoms with Crippen LogP contribution in [0.4, 0.5) is 0 Å². The Labute approximate surface area is 171 Å². The van der Waals surface area contributed by atoms with Gasteiger partial charge in [0, 0.05) is 24.8 Å². The molecule has 2 aliphatic rings. The fourth-order valence-corrected chi connectivity index (χ4v) is 3.56. The highest BCUT2D eigenvalue weighted by molar-refractivity contribution is 6.22. The van der Waals surface area contributed by atoms with E-state index in [2.05, 4.69) is 4.98 Å². The number of carbonyl (C=O) groups is 5. The van der Waals surface area contributed by atoms with Crippen LogP contribution in [0.1, 0.15) is 54.4 Å². The SMILES string of the molecule is O=C(CN1C(=O)c2ccccc2C1=O)OCC(=O)c1c[nH]c(C(=O)N2CCCC2)c1. The van der Waals surface area contributed by atoms with Crippen LogP contribution in [0.15, 0.2) is 36.5 Å². The summed E-state index contributed by atoms with van der Waals surface area (Å²) in [5.41, 5.74) is 0.978. The summed E-state index contributed by atoms with van der Waals surface area (Å²) in [5, 5.41) is 0. The van der Waals surface area contributed by atoms with Gasteiger partial charge >= 0.3 is 5.97 Å². The molecule has 4 rings (SSSR count). The van der Waals surface area contributed by atoms with Crippen LogP contribution in [0.2, 0.25) is 0 Å². The van der Waals surface area contributed by atoms with E-state index in [0.29, 0.717) is 18.8 Å². The number of H-pyrrole nitrogens is 1. The third-order valence-corrected chi connectivity index (χ3v) is 5.16. The average molecular weight is 409 g/mol. The zero-order valence-corrected chi connectivity index (χ0v) is 16.1. The van der Waals surface area contributed by atoms with Crippen molar-refractivity contribution >= 4 is 29.5 Å². The predicted octanol–water partition coefficient (Wildman–Crippen LogP) is 1.27. The molecule has 0 spiro atoms. The van der Waals surface area contributed by atoms with Crippen LogP contribution >= 0.6 is 0 Å². The van der Waals surface area contributed by atoms with Gasteiger partial charge in [-0.25, -0.2) is 0 Å². The van der Waals surface area contributed by atoms with Crippen LogP contribution in [0.25, 0.3) is 0 Å². The van der Waals surface area contributed by atoms with Crippen LogP contribution < -0.4 is 0 Å². The third-order valence-electron chi connectivity index (χ3n) is 5.16. The Morgan fingerprint density at radius 3 is 2.27 bits per heavy atom. The van der Waals surface area contributed by atoms with E-state index < -0.39 is 36.7 Å². The Morgan fingerprint density at radius 1 is 1.00 bits per heavy atom. The van der Waals surface area contributed by atoms with E-state index in [-0.39, 0.29) is 22.6 Å². The lowest BCUT2D eigenvalue weighted by molar-refractivity contribution is -0.142. The molecule has 30 heavy (non-hydrogen) atoms. The van der Waals surface area contributed by atoms with E-state index in [1.54, 1.807) is 17.0 Å². The molecule has 0 atom stereocenters. The fourth-order valence-electron chi connectivity index (χ4n) is 3.56. The van der Waals surface area contributed by atoms with Crippen LogP contribution in [0.5, 0.6) is 0 Å². The molecule has 1 aromatic carbocycles. The molecule has 1 fully saturated rings. The zero-order valence-electron chi connectivity index (χ0n) is 16.1. The third kappa shape index (κ3) is 3.61. The maximum absolute atomic E-state index is 12.3. The summed E-state index contributed by atoms with van der Waals surface area (Å²) in [5.74, 6) is -2.69. The summed E-state index contributed by atoms with van der Waals surface area (Å²) < 4.78 is 4.94. The highest BCUT2D eigenvalue weighted by atomic mass is 16.5. The van der Waals surface area contributed by atoms with Crippen molar-refractivity contribution in [1.82, 2.24) is 14.8 Å². The molecule has 0 radical (unpaired) electrons. The minimum absolute atomic E-state index is 0.172. The van der Waals surface area contributed by atoms with Gasteiger partial charge in [0.15, 0.2) is 6.61 Å². The van der Waals surface area contributed by atoms with Crippen LogP contribution in [0, 0.1) is 0 Å². The number of Topliss-reactive ketones (excluding diaryl/α,β-unsaturated/α-hetero) is 1. The van der Waals surface area contributed by atoms with Crippen molar-refractivity contribution in [3.05, 3.63) is 58.9 Å². The van der Waals surface area contributed by atoms with Gasteiger partial charge in [-0.1, -0.05) is 12.1 Å². The molecular weight excluding hydrogens is 390 g/mol. The Bertz CT molecular complexity index is 1020. The average Bonchev–Trinajstić information content (AvgIpc) is 3.50. The normalized spacial score (nSPS) is 15.5. The minimum Gasteiger partial charge on any atom is -0.456 e. The molecule has 2 aliphatic heterocycles. The van der Waals surface area contributed by atoms with Gasteiger partial charge in [0.1, 0.15) is 12.2 Å². The van der Waals surface area contributed by atoms with Crippen LogP contribution in [-0.4, -0.2) is 70.5 Å². The van der Waals surface area contributed by atoms with Gasteiger partial charge in [-0.2, -0.15) is 0 Å². The van der Waals surface area contributed by atoms with E-state index >= 15 is 0 Å². The maximum atomic E-state index is 12.3. The lowest BCUT2D eigenvalue weighted by atomic mass is 10.1. The fraction of sp³-hybridized carbons (Fsp3) is 0.286. The van der Waals surface area contributed by atoms with Crippen LogP contribution in [-0.2, 0) is 9.53 Å².